The third-order valence-corrected chi connectivity index (χ3v) is 16.1. The molecule has 0 fully saturated rings. The van der Waals surface area contributed by atoms with E-state index in [4.69, 9.17) is 16.2 Å². The predicted molar refractivity (Wildman–Crippen MR) is 192 cm³/mol. The summed E-state index contributed by atoms with van der Waals surface area (Å²) < 4.78 is 2.28. The number of benzene rings is 6. The molecule has 0 saturated carbocycles. The van der Waals surface area contributed by atoms with E-state index in [0.29, 0.717) is 6.16 Å². The van der Waals surface area contributed by atoms with Gasteiger partial charge < -0.3 is 0 Å². The Kier molecular flexibility index (Phi) is 7.71. The summed E-state index contributed by atoms with van der Waals surface area (Å²) in [5.74, 6) is -3.58. The van der Waals surface area contributed by atoms with Crippen LogP contribution in [-0.2, 0) is 11.7 Å². The molecule has 220 valence electrons. The van der Waals surface area contributed by atoms with E-state index in [9.17, 15) is 0 Å². The van der Waals surface area contributed by atoms with Gasteiger partial charge in [0.1, 0.15) is 0 Å². The SMILES string of the molecule is ClP(Cc1cn(C(c2ccccc2)(c2ccccc2)c2ccccc2)cn1)(c1ccccc1)(c1ccccc1)c1ccccc1. The van der Waals surface area contributed by atoms with Crippen molar-refractivity contribution in [3.63, 3.8) is 0 Å². The Morgan fingerprint density at radius 2 is 0.778 bits per heavy atom. The third kappa shape index (κ3) is 4.82. The number of aromatic nitrogens is 2. The van der Waals surface area contributed by atoms with E-state index >= 15 is 0 Å². The molecule has 0 unspecified atom stereocenters. The standard InChI is InChI=1S/C41H34ClN2P/c42-45(38-25-13-4-14-26-38,39-27-15-5-16-28-39,40-29-17-6-18-30-40)32-37-31-44(33-43-37)41(34-19-7-1-8-20-34,35-21-9-2-10-22-35)36-23-11-3-12-24-36/h1-31,33H,32H2. The molecule has 0 N–H and O–H groups in total. The van der Waals surface area contributed by atoms with Gasteiger partial charge in [-0.15, -0.1) is 0 Å². The predicted octanol–water partition coefficient (Wildman–Crippen LogP) is 8.91. The number of imidazole rings is 1. The second-order valence-electron chi connectivity index (χ2n) is 11.4. The molecule has 45 heavy (non-hydrogen) atoms. The van der Waals surface area contributed by atoms with Crippen LogP contribution >= 0.6 is 17.2 Å². The van der Waals surface area contributed by atoms with Gasteiger partial charge in [-0.05, 0) is 0 Å². The first-order chi connectivity index (χ1) is 22.1. The molecule has 2 nitrogen and oxygen atoms in total. The normalized spacial score (nSPS) is 12.7. The minimum atomic E-state index is -3.58. The van der Waals surface area contributed by atoms with Crippen molar-refractivity contribution in [3.05, 3.63) is 217 Å². The van der Waals surface area contributed by atoms with Crippen molar-refractivity contribution < 1.29 is 0 Å². The van der Waals surface area contributed by atoms with Crippen LogP contribution in [0.15, 0.2) is 195 Å². The van der Waals surface area contributed by atoms with Crippen LogP contribution < -0.4 is 15.9 Å². The molecule has 0 atom stereocenters. The summed E-state index contributed by atoms with van der Waals surface area (Å²) in [6, 6.07) is 63.9. The third-order valence-electron chi connectivity index (χ3n) is 8.94. The zero-order chi connectivity index (χ0) is 30.6. The monoisotopic (exact) mass is 620 g/mol. The molecule has 0 saturated heterocycles. The van der Waals surface area contributed by atoms with E-state index in [1.807, 2.05) is 6.33 Å². The zero-order valence-electron chi connectivity index (χ0n) is 24.9. The quantitative estimate of drug-likeness (QED) is 0.116. The van der Waals surface area contributed by atoms with Gasteiger partial charge in [0.2, 0.25) is 0 Å². The number of rotatable bonds is 9. The van der Waals surface area contributed by atoms with Crippen LogP contribution in [0.1, 0.15) is 22.4 Å². The first-order valence-electron chi connectivity index (χ1n) is 15.2. The van der Waals surface area contributed by atoms with Crippen molar-refractivity contribution in [2.24, 2.45) is 0 Å². The van der Waals surface area contributed by atoms with Gasteiger partial charge in [-0.25, -0.2) is 0 Å². The first-order valence-corrected chi connectivity index (χ1v) is 18.6. The van der Waals surface area contributed by atoms with E-state index in [1.165, 1.54) is 0 Å². The maximum absolute atomic E-state index is 8.46. The molecule has 0 amide bonds. The number of hydrogen-bond donors (Lipinski definition) is 0. The Labute approximate surface area is 270 Å². The molecule has 1 heterocycles. The molecular weight excluding hydrogens is 587 g/mol. The molecule has 0 aliphatic carbocycles. The van der Waals surface area contributed by atoms with Gasteiger partial charge in [-0.3, -0.25) is 0 Å². The van der Waals surface area contributed by atoms with Gasteiger partial charge in [-0.2, -0.15) is 0 Å². The maximum atomic E-state index is 8.46. The summed E-state index contributed by atoms with van der Waals surface area (Å²) in [6.45, 7) is 0. The Morgan fingerprint density at radius 3 is 1.11 bits per heavy atom. The molecule has 4 heteroatoms. The van der Waals surface area contributed by atoms with Crippen LogP contribution in [-0.4, -0.2) is 9.55 Å². The van der Waals surface area contributed by atoms with Crippen molar-refractivity contribution in [3.8, 4) is 0 Å². The van der Waals surface area contributed by atoms with Crippen LogP contribution in [0.2, 0.25) is 0 Å². The van der Waals surface area contributed by atoms with Gasteiger partial charge in [0.25, 0.3) is 0 Å². The number of hydrogen-bond acceptors (Lipinski definition) is 1. The van der Waals surface area contributed by atoms with Crippen molar-refractivity contribution in [2.75, 3.05) is 0 Å². The molecule has 1 aromatic heterocycles. The van der Waals surface area contributed by atoms with Gasteiger partial charge in [0.05, 0.1) is 0 Å². The summed E-state index contributed by atoms with van der Waals surface area (Å²) in [5, 5.41) is 3.37. The number of halogens is 1. The van der Waals surface area contributed by atoms with Crippen LogP contribution in [0.3, 0.4) is 0 Å². The summed E-state index contributed by atoms with van der Waals surface area (Å²) >= 11 is 8.46. The fraction of sp³-hybridized carbons (Fsp3) is 0.0488. The molecule has 7 aromatic rings. The Balaban J connectivity index is 1.49. The Morgan fingerprint density at radius 1 is 0.467 bits per heavy atom. The second-order valence-corrected chi connectivity index (χ2v) is 17.9. The van der Waals surface area contributed by atoms with E-state index in [2.05, 4.69) is 193 Å². The summed E-state index contributed by atoms with van der Waals surface area (Å²) in [7, 11) is 0. The fourth-order valence-electron chi connectivity index (χ4n) is 6.86. The van der Waals surface area contributed by atoms with E-state index in [0.717, 1.165) is 38.3 Å². The van der Waals surface area contributed by atoms with Gasteiger partial charge >= 0.3 is 271 Å². The summed E-state index contributed by atoms with van der Waals surface area (Å²) in [6.07, 6.45) is 4.76. The van der Waals surface area contributed by atoms with Crippen molar-refractivity contribution in [1.82, 2.24) is 9.55 Å². The topological polar surface area (TPSA) is 17.8 Å². The Hall–Kier alpha value is -4.75. The second kappa shape index (κ2) is 12.0. The minimum absolute atomic E-state index is 0.562. The van der Waals surface area contributed by atoms with E-state index < -0.39 is 11.5 Å². The van der Waals surface area contributed by atoms with Gasteiger partial charge in [-0.1, -0.05) is 0 Å². The van der Waals surface area contributed by atoms with E-state index in [-0.39, 0.29) is 0 Å². The molecule has 0 aliphatic rings. The average molecular weight is 621 g/mol. The summed E-state index contributed by atoms with van der Waals surface area (Å²) in [5.41, 5.74) is 3.76. The van der Waals surface area contributed by atoms with Crippen LogP contribution in [0.4, 0.5) is 0 Å². The van der Waals surface area contributed by atoms with Gasteiger partial charge in [0, 0.05) is 0 Å². The molecular formula is C41H34ClN2P. The number of nitrogens with zero attached hydrogens (tertiary/aromatic N) is 2. The average Bonchev–Trinajstić information content (AvgIpc) is 3.59. The molecule has 0 spiro atoms. The first kappa shape index (κ1) is 29.0. The molecule has 0 radical (unpaired) electrons. The molecule has 7 rings (SSSR count). The zero-order valence-corrected chi connectivity index (χ0v) is 26.6. The molecule has 0 aliphatic heterocycles. The fourth-order valence-corrected chi connectivity index (χ4v) is 12.8. The van der Waals surface area contributed by atoms with Crippen LogP contribution in [0.25, 0.3) is 0 Å². The van der Waals surface area contributed by atoms with Crippen LogP contribution in [0.5, 0.6) is 0 Å². The molecule has 0 bridgehead atoms. The van der Waals surface area contributed by atoms with E-state index in [1.54, 1.807) is 0 Å². The van der Waals surface area contributed by atoms with Crippen molar-refractivity contribution in [1.29, 1.82) is 0 Å². The van der Waals surface area contributed by atoms with Gasteiger partial charge in [0.15, 0.2) is 0 Å². The summed E-state index contributed by atoms with van der Waals surface area (Å²) in [4.78, 5) is 5.18. The van der Waals surface area contributed by atoms with Crippen molar-refractivity contribution in [2.45, 2.75) is 11.7 Å². The molecule has 6 aromatic carbocycles. The Bertz CT molecular complexity index is 1780. The van der Waals surface area contributed by atoms with Crippen molar-refractivity contribution >= 4 is 33.1 Å². The van der Waals surface area contributed by atoms with Crippen LogP contribution in [0, 0.1) is 0 Å².